The summed E-state index contributed by atoms with van der Waals surface area (Å²) in [5.41, 5.74) is 7.91. The molecule has 0 aliphatic carbocycles. The molecule has 0 aliphatic heterocycles. The van der Waals surface area contributed by atoms with E-state index in [9.17, 15) is 4.79 Å². The molecule has 0 radical (unpaired) electrons. The van der Waals surface area contributed by atoms with Gasteiger partial charge in [-0.1, -0.05) is 17.7 Å². The van der Waals surface area contributed by atoms with Crippen LogP contribution in [0.5, 0.6) is 0 Å². The summed E-state index contributed by atoms with van der Waals surface area (Å²) in [7, 11) is 0. The number of rotatable bonds is 2. The summed E-state index contributed by atoms with van der Waals surface area (Å²) < 4.78 is 0. The maximum Gasteiger partial charge on any atom is 0.270 e. The molecule has 1 aromatic carbocycles. The number of nitrogens with one attached hydrogen (secondary N) is 3. The predicted octanol–water partition coefficient (Wildman–Crippen LogP) is 3.00. The van der Waals surface area contributed by atoms with E-state index in [-0.39, 0.29) is 5.91 Å². The number of amides is 1. The van der Waals surface area contributed by atoms with Crippen molar-refractivity contribution in [3.63, 3.8) is 0 Å². The van der Waals surface area contributed by atoms with E-state index in [0.29, 0.717) is 10.7 Å². The molecule has 0 atom stereocenters. The number of hydrogen-bond acceptors (Lipinski definition) is 3. The molecule has 0 spiro atoms. The molecule has 0 unspecified atom stereocenters. The van der Waals surface area contributed by atoms with Crippen LogP contribution in [0.2, 0.25) is 0 Å². The first-order valence-corrected chi connectivity index (χ1v) is 7.32. The number of anilines is 1. The Hall–Kier alpha value is -1.92. The second-order valence-electron chi connectivity index (χ2n) is 4.35. The Labute approximate surface area is 127 Å². The van der Waals surface area contributed by atoms with E-state index in [1.165, 1.54) is 16.9 Å². The molecule has 104 valence electrons. The molecule has 6 heteroatoms. The van der Waals surface area contributed by atoms with E-state index < -0.39 is 0 Å². The Morgan fingerprint density at radius 2 is 1.85 bits per heavy atom. The molecule has 4 nitrogen and oxygen atoms in total. The lowest BCUT2D eigenvalue weighted by Crippen LogP contribution is -2.43. The van der Waals surface area contributed by atoms with Gasteiger partial charge in [0.25, 0.3) is 5.91 Å². The number of thiophene rings is 1. The van der Waals surface area contributed by atoms with Gasteiger partial charge in [-0.25, -0.2) is 0 Å². The van der Waals surface area contributed by atoms with Crippen LogP contribution < -0.4 is 16.2 Å². The maximum atomic E-state index is 11.8. The fraction of sp³-hybridized carbons (Fsp3) is 0.143. The fourth-order valence-corrected chi connectivity index (χ4v) is 2.40. The van der Waals surface area contributed by atoms with Gasteiger partial charge >= 0.3 is 0 Å². The Balaban J connectivity index is 1.83. The van der Waals surface area contributed by atoms with Gasteiger partial charge in [0.2, 0.25) is 0 Å². The van der Waals surface area contributed by atoms with Crippen molar-refractivity contribution in [3.05, 3.63) is 51.7 Å². The van der Waals surface area contributed by atoms with Gasteiger partial charge in [-0.2, -0.15) is 0 Å². The molecule has 20 heavy (non-hydrogen) atoms. The van der Waals surface area contributed by atoms with Gasteiger partial charge in [-0.3, -0.25) is 15.6 Å². The quantitative estimate of drug-likeness (QED) is 0.590. The van der Waals surface area contributed by atoms with Crippen molar-refractivity contribution in [3.8, 4) is 0 Å². The number of aryl methyl sites for hydroxylation is 2. The Kier molecular flexibility index (Phi) is 4.70. The third-order valence-electron chi connectivity index (χ3n) is 2.59. The predicted molar refractivity (Wildman–Crippen MR) is 87.1 cm³/mol. The van der Waals surface area contributed by atoms with Crippen molar-refractivity contribution in [2.75, 3.05) is 5.32 Å². The van der Waals surface area contributed by atoms with Crippen molar-refractivity contribution < 1.29 is 4.79 Å². The zero-order valence-corrected chi connectivity index (χ0v) is 12.8. The highest BCUT2D eigenvalue weighted by Gasteiger charge is 2.07. The molecule has 0 saturated carbocycles. The lowest BCUT2D eigenvalue weighted by atomic mass is 10.2. The molecular weight excluding hydrogens is 290 g/mol. The van der Waals surface area contributed by atoms with Gasteiger partial charge in [0, 0.05) is 15.9 Å². The number of carbonyl (C=O) groups is 1. The van der Waals surface area contributed by atoms with Crippen molar-refractivity contribution in [2.45, 2.75) is 13.8 Å². The van der Waals surface area contributed by atoms with Crippen LogP contribution in [0.25, 0.3) is 0 Å². The summed E-state index contributed by atoms with van der Waals surface area (Å²) in [6.07, 6.45) is 0. The van der Waals surface area contributed by atoms with E-state index >= 15 is 0 Å². The molecule has 1 heterocycles. The average molecular weight is 305 g/mol. The van der Waals surface area contributed by atoms with Crippen molar-refractivity contribution in [2.24, 2.45) is 0 Å². The third-order valence-corrected chi connectivity index (χ3v) is 3.66. The molecule has 1 amide bonds. The smallest absolute Gasteiger partial charge is 0.270 e. The van der Waals surface area contributed by atoms with E-state index in [0.717, 1.165) is 10.6 Å². The van der Waals surface area contributed by atoms with E-state index in [1.807, 2.05) is 49.6 Å². The van der Waals surface area contributed by atoms with Gasteiger partial charge in [0.1, 0.15) is 0 Å². The van der Waals surface area contributed by atoms with Crippen LogP contribution in [0.15, 0.2) is 35.7 Å². The first-order chi connectivity index (χ1) is 9.54. The first kappa shape index (κ1) is 14.5. The summed E-state index contributed by atoms with van der Waals surface area (Å²) in [5, 5.41) is 5.14. The zero-order chi connectivity index (χ0) is 14.5. The summed E-state index contributed by atoms with van der Waals surface area (Å²) >= 11 is 6.64. The molecule has 3 N–H and O–H groups in total. The largest absolute Gasteiger partial charge is 0.331 e. The minimum Gasteiger partial charge on any atom is -0.331 e. The van der Waals surface area contributed by atoms with Gasteiger partial charge < -0.3 is 5.32 Å². The van der Waals surface area contributed by atoms with Crippen LogP contribution in [0.4, 0.5) is 5.69 Å². The number of hydrazine groups is 1. The fourth-order valence-electron chi connectivity index (χ4n) is 1.55. The lowest BCUT2D eigenvalue weighted by Gasteiger charge is -2.11. The highest BCUT2D eigenvalue weighted by molar-refractivity contribution is 7.80. The minimum atomic E-state index is -0.206. The van der Waals surface area contributed by atoms with Crippen LogP contribution in [0, 0.1) is 13.8 Å². The summed E-state index contributed by atoms with van der Waals surface area (Å²) in [5.74, 6) is -0.206. The second kappa shape index (κ2) is 6.49. The van der Waals surface area contributed by atoms with Gasteiger partial charge in [0.15, 0.2) is 5.11 Å². The number of carbonyl (C=O) groups excluding carboxylic acids is 1. The highest BCUT2D eigenvalue weighted by atomic mass is 32.1. The molecule has 0 aliphatic rings. The number of hydrogen-bond donors (Lipinski definition) is 3. The second-order valence-corrected chi connectivity index (χ2v) is 5.87. The molecule has 2 aromatic rings. The van der Waals surface area contributed by atoms with Crippen LogP contribution in [-0.2, 0) is 0 Å². The normalized spacial score (nSPS) is 9.90. The average Bonchev–Trinajstić information content (AvgIpc) is 2.85. The van der Waals surface area contributed by atoms with Crippen molar-refractivity contribution in [1.82, 2.24) is 10.9 Å². The topological polar surface area (TPSA) is 53.2 Å². The van der Waals surface area contributed by atoms with Crippen molar-refractivity contribution in [1.29, 1.82) is 0 Å². The monoisotopic (exact) mass is 305 g/mol. The lowest BCUT2D eigenvalue weighted by molar-refractivity contribution is 0.0944. The highest BCUT2D eigenvalue weighted by Crippen LogP contribution is 2.12. The Bertz CT molecular complexity index is 620. The Morgan fingerprint density at radius 1 is 1.15 bits per heavy atom. The summed E-state index contributed by atoms with van der Waals surface area (Å²) in [4.78, 5) is 12.9. The van der Waals surface area contributed by atoms with E-state index in [4.69, 9.17) is 12.2 Å². The van der Waals surface area contributed by atoms with Crippen LogP contribution in [-0.4, -0.2) is 11.0 Å². The van der Waals surface area contributed by atoms with Gasteiger partial charge in [-0.05, 0) is 44.3 Å². The van der Waals surface area contributed by atoms with E-state index in [2.05, 4.69) is 16.2 Å². The summed E-state index contributed by atoms with van der Waals surface area (Å²) in [6.45, 7) is 3.97. The third kappa shape index (κ3) is 4.04. The first-order valence-electron chi connectivity index (χ1n) is 6.04. The Morgan fingerprint density at radius 3 is 2.45 bits per heavy atom. The van der Waals surface area contributed by atoms with Gasteiger partial charge in [-0.15, -0.1) is 11.3 Å². The van der Waals surface area contributed by atoms with Crippen LogP contribution >= 0.6 is 23.6 Å². The molecule has 0 bridgehead atoms. The van der Waals surface area contributed by atoms with Crippen LogP contribution in [0.1, 0.15) is 20.8 Å². The molecule has 0 saturated heterocycles. The number of benzene rings is 1. The molecule has 2 rings (SSSR count). The molecule has 0 fully saturated rings. The summed E-state index contributed by atoms with van der Waals surface area (Å²) in [6, 6.07) is 9.65. The number of thiocarbonyl (C=S) groups is 1. The molecule has 1 aromatic heterocycles. The van der Waals surface area contributed by atoms with Crippen molar-refractivity contribution >= 4 is 40.3 Å². The van der Waals surface area contributed by atoms with Gasteiger partial charge in [0.05, 0.1) is 5.56 Å². The minimum absolute atomic E-state index is 0.206. The molecular formula is C14H15N3OS2. The SMILES string of the molecule is Cc1ccc(NC(=S)NNC(=O)c2csc(C)c2)cc1. The van der Waals surface area contributed by atoms with Crippen LogP contribution in [0.3, 0.4) is 0 Å². The standard InChI is InChI=1S/C14H15N3OS2/c1-9-3-5-12(6-4-9)15-14(19)17-16-13(18)11-7-10(2)20-8-11/h3-8H,1-2H3,(H,16,18)(H2,15,17,19). The van der Waals surface area contributed by atoms with E-state index in [1.54, 1.807) is 0 Å². The maximum absolute atomic E-state index is 11.8. The zero-order valence-electron chi connectivity index (χ0n) is 11.2.